The van der Waals surface area contributed by atoms with Crippen LogP contribution in [0.5, 0.6) is 5.75 Å². The summed E-state index contributed by atoms with van der Waals surface area (Å²) in [6.45, 7) is -0.625. The monoisotopic (exact) mass is 665 g/mol. The second-order valence-corrected chi connectivity index (χ2v) is 13.7. The van der Waals surface area contributed by atoms with E-state index < -0.39 is 28.5 Å². The van der Waals surface area contributed by atoms with Crippen LogP contribution in [0.25, 0.3) is 0 Å². The Morgan fingerprint density at radius 3 is 2.28 bits per heavy atom. The van der Waals surface area contributed by atoms with Crippen molar-refractivity contribution in [3.05, 3.63) is 92.9 Å². The van der Waals surface area contributed by atoms with Crippen LogP contribution in [0.1, 0.15) is 36.8 Å². The van der Waals surface area contributed by atoms with E-state index in [1.165, 1.54) is 30.2 Å². The Morgan fingerprint density at radius 1 is 0.977 bits per heavy atom. The van der Waals surface area contributed by atoms with E-state index in [-0.39, 0.29) is 35.6 Å². The number of benzene rings is 3. The van der Waals surface area contributed by atoms with Gasteiger partial charge in [-0.15, -0.1) is 0 Å². The molecule has 1 aliphatic rings. The van der Waals surface area contributed by atoms with Gasteiger partial charge in [0, 0.05) is 29.1 Å². The molecule has 0 aromatic heterocycles. The Labute approximate surface area is 267 Å². The minimum atomic E-state index is -3.95. The number of anilines is 1. The van der Waals surface area contributed by atoms with Crippen LogP contribution in [0.4, 0.5) is 5.69 Å². The molecule has 1 aliphatic carbocycles. The summed E-state index contributed by atoms with van der Waals surface area (Å²) in [5.41, 5.74) is 1.58. The third-order valence-corrected chi connectivity index (χ3v) is 9.45. The summed E-state index contributed by atoms with van der Waals surface area (Å²) >= 11 is 19.0. The third-order valence-electron chi connectivity index (χ3n) is 7.43. The molecule has 3 aromatic carbocycles. The Hall–Kier alpha value is -2.98. The van der Waals surface area contributed by atoms with Crippen molar-refractivity contribution >= 4 is 62.3 Å². The molecule has 0 radical (unpaired) electrons. The quantitative estimate of drug-likeness (QED) is 0.251. The fourth-order valence-electron chi connectivity index (χ4n) is 5.18. The molecule has 1 fully saturated rings. The van der Waals surface area contributed by atoms with Crippen LogP contribution in [0, 0.1) is 0 Å². The van der Waals surface area contributed by atoms with Crippen molar-refractivity contribution in [1.29, 1.82) is 0 Å². The molecule has 0 spiro atoms. The highest BCUT2D eigenvalue weighted by Crippen LogP contribution is 2.31. The molecule has 12 heteroatoms. The van der Waals surface area contributed by atoms with Crippen molar-refractivity contribution < 1.29 is 22.7 Å². The van der Waals surface area contributed by atoms with Gasteiger partial charge in [-0.25, -0.2) is 8.42 Å². The zero-order chi connectivity index (χ0) is 31.1. The highest BCUT2D eigenvalue weighted by Gasteiger charge is 2.34. The van der Waals surface area contributed by atoms with Crippen molar-refractivity contribution in [2.75, 3.05) is 24.2 Å². The molecular formula is C31H34Cl3N3O5S. The first kappa shape index (κ1) is 32.9. The molecule has 2 amide bonds. The van der Waals surface area contributed by atoms with Crippen LogP contribution in [-0.2, 0) is 32.6 Å². The Bertz CT molecular complexity index is 1550. The molecule has 1 unspecified atom stereocenters. The molecule has 1 N–H and O–H groups in total. The largest absolute Gasteiger partial charge is 0.495 e. The zero-order valence-electron chi connectivity index (χ0n) is 23.9. The summed E-state index contributed by atoms with van der Waals surface area (Å²) < 4.78 is 32.2. The molecule has 0 bridgehead atoms. The third kappa shape index (κ3) is 8.79. The van der Waals surface area contributed by atoms with E-state index in [9.17, 15) is 18.0 Å². The smallest absolute Gasteiger partial charge is 0.244 e. The van der Waals surface area contributed by atoms with Gasteiger partial charge in [-0.1, -0.05) is 84.0 Å². The van der Waals surface area contributed by atoms with Gasteiger partial charge in [-0.2, -0.15) is 0 Å². The van der Waals surface area contributed by atoms with Gasteiger partial charge in [0.15, 0.2) is 0 Å². The van der Waals surface area contributed by atoms with Gasteiger partial charge in [-0.3, -0.25) is 13.9 Å². The van der Waals surface area contributed by atoms with Crippen LogP contribution < -0.4 is 14.4 Å². The second-order valence-electron chi connectivity index (χ2n) is 10.5. The summed E-state index contributed by atoms with van der Waals surface area (Å²) in [5, 5.41) is 4.06. The van der Waals surface area contributed by atoms with E-state index in [1.54, 1.807) is 18.2 Å². The minimum Gasteiger partial charge on any atom is -0.495 e. The molecule has 4 rings (SSSR count). The lowest BCUT2D eigenvalue weighted by Crippen LogP contribution is -2.54. The van der Waals surface area contributed by atoms with Gasteiger partial charge >= 0.3 is 0 Å². The van der Waals surface area contributed by atoms with Crippen molar-refractivity contribution in [3.8, 4) is 5.75 Å². The molecule has 1 atom stereocenters. The predicted octanol–water partition coefficient (Wildman–Crippen LogP) is 6.12. The topological polar surface area (TPSA) is 96.0 Å². The normalized spacial score (nSPS) is 14.3. The number of hydrogen-bond acceptors (Lipinski definition) is 5. The molecule has 8 nitrogen and oxygen atoms in total. The Morgan fingerprint density at radius 2 is 1.67 bits per heavy atom. The van der Waals surface area contributed by atoms with Gasteiger partial charge in [0.25, 0.3) is 0 Å². The zero-order valence-corrected chi connectivity index (χ0v) is 27.0. The molecule has 0 aliphatic heterocycles. The molecule has 0 heterocycles. The highest BCUT2D eigenvalue weighted by atomic mass is 35.5. The first-order valence-corrected chi connectivity index (χ1v) is 16.8. The molecule has 43 heavy (non-hydrogen) atoms. The van der Waals surface area contributed by atoms with Crippen molar-refractivity contribution in [3.63, 3.8) is 0 Å². The first-order valence-electron chi connectivity index (χ1n) is 13.8. The summed E-state index contributed by atoms with van der Waals surface area (Å²) in [7, 11) is -2.50. The first-order chi connectivity index (χ1) is 20.5. The van der Waals surface area contributed by atoms with E-state index in [2.05, 4.69) is 5.32 Å². The van der Waals surface area contributed by atoms with Gasteiger partial charge in [-0.05, 0) is 54.3 Å². The summed E-state index contributed by atoms with van der Waals surface area (Å²) in [4.78, 5) is 29.6. The van der Waals surface area contributed by atoms with E-state index in [0.717, 1.165) is 41.8 Å². The van der Waals surface area contributed by atoms with Crippen molar-refractivity contribution in [2.45, 2.75) is 50.7 Å². The second kappa shape index (κ2) is 14.7. The lowest BCUT2D eigenvalue weighted by molar-refractivity contribution is -0.140. The summed E-state index contributed by atoms with van der Waals surface area (Å²) in [5.74, 6) is -0.547. The number of carbonyl (C=O) groups excluding carboxylic acids is 2. The average Bonchev–Trinajstić information content (AvgIpc) is 3.47. The maximum atomic E-state index is 14.3. The van der Waals surface area contributed by atoms with E-state index in [0.29, 0.717) is 21.4 Å². The van der Waals surface area contributed by atoms with E-state index >= 15 is 0 Å². The number of carbonyl (C=O) groups is 2. The van der Waals surface area contributed by atoms with Crippen LogP contribution in [-0.4, -0.2) is 57.1 Å². The number of sulfonamides is 1. The van der Waals surface area contributed by atoms with Crippen LogP contribution in [0.3, 0.4) is 0 Å². The number of hydrogen-bond donors (Lipinski definition) is 1. The summed E-state index contributed by atoms with van der Waals surface area (Å²) in [6.07, 6.45) is 4.98. The standard InChI is InChI=1S/C31H34Cl3N3O5S/c1-42-29-15-14-25(18-27(29)34)37(43(2,40)41)20-30(38)36(19-22-12-13-23(32)17-26(22)33)28(16-21-8-4-3-5-9-21)31(39)35-24-10-6-7-11-24/h3-5,8-9,12-15,17-18,24,28H,6-7,10-11,16,19-20H2,1-2H3,(H,35,39). The van der Waals surface area contributed by atoms with Crippen molar-refractivity contribution in [1.82, 2.24) is 10.2 Å². The maximum absolute atomic E-state index is 14.3. The molecule has 3 aromatic rings. The number of amides is 2. The van der Waals surface area contributed by atoms with E-state index in [1.807, 2.05) is 30.3 Å². The van der Waals surface area contributed by atoms with Crippen LogP contribution in [0.15, 0.2) is 66.7 Å². The number of methoxy groups -OCH3 is 1. The van der Waals surface area contributed by atoms with Crippen LogP contribution >= 0.6 is 34.8 Å². The van der Waals surface area contributed by atoms with Gasteiger partial charge < -0.3 is 15.0 Å². The molecule has 230 valence electrons. The molecule has 1 saturated carbocycles. The van der Waals surface area contributed by atoms with Gasteiger partial charge in [0.2, 0.25) is 21.8 Å². The Kier molecular flexibility index (Phi) is 11.2. The fourth-order valence-corrected chi connectivity index (χ4v) is 6.74. The van der Waals surface area contributed by atoms with Crippen LogP contribution in [0.2, 0.25) is 15.1 Å². The number of ether oxygens (including phenoxy) is 1. The molecular weight excluding hydrogens is 633 g/mol. The molecule has 0 saturated heterocycles. The lowest BCUT2D eigenvalue weighted by atomic mass is 10.0. The average molecular weight is 667 g/mol. The van der Waals surface area contributed by atoms with Gasteiger partial charge in [0.05, 0.1) is 24.1 Å². The highest BCUT2D eigenvalue weighted by molar-refractivity contribution is 7.92. The van der Waals surface area contributed by atoms with Gasteiger partial charge in [0.1, 0.15) is 18.3 Å². The number of rotatable bonds is 12. The number of nitrogens with one attached hydrogen (secondary N) is 1. The SMILES string of the molecule is COc1ccc(N(CC(=O)N(Cc2ccc(Cl)cc2Cl)C(Cc2ccccc2)C(=O)NC2CCCC2)S(C)(=O)=O)cc1Cl. The number of halogens is 3. The van der Waals surface area contributed by atoms with E-state index in [4.69, 9.17) is 39.5 Å². The van der Waals surface area contributed by atoms with Crippen molar-refractivity contribution in [2.24, 2.45) is 0 Å². The maximum Gasteiger partial charge on any atom is 0.244 e. The summed E-state index contributed by atoms with van der Waals surface area (Å²) in [6, 6.07) is 17.8. The fraction of sp³-hybridized carbons (Fsp3) is 0.355. The minimum absolute atomic E-state index is 0.0100. The number of nitrogens with zero attached hydrogens (tertiary/aromatic N) is 2. The Balaban J connectivity index is 1.75. The predicted molar refractivity (Wildman–Crippen MR) is 172 cm³/mol. The lowest BCUT2D eigenvalue weighted by Gasteiger charge is -2.34.